The number of nitrogens with zero attached hydrogens (tertiary/aromatic N) is 1. The lowest BCUT2D eigenvalue weighted by Crippen LogP contribution is -2.19. The number of hydrogen-bond donors (Lipinski definition) is 2. The Bertz CT molecular complexity index is 804. The maximum absolute atomic E-state index is 12.0. The molecule has 2 N–H and O–H groups in total. The number of amides is 1. The molecule has 0 bridgehead atoms. The minimum Gasteiger partial charge on any atom is -0.507 e. The first-order valence-electron chi connectivity index (χ1n) is 8.36. The zero-order valence-corrected chi connectivity index (χ0v) is 17.6. The van der Waals surface area contributed by atoms with Crippen LogP contribution in [0.25, 0.3) is 0 Å². The van der Waals surface area contributed by atoms with E-state index >= 15 is 0 Å². The van der Waals surface area contributed by atoms with E-state index in [1.165, 1.54) is 0 Å². The van der Waals surface area contributed by atoms with Crippen LogP contribution in [0.5, 0.6) is 5.75 Å². The summed E-state index contributed by atoms with van der Waals surface area (Å²) in [6.45, 7) is 12.3. The summed E-state index contributed by atoms with van der Waals surface area (Å²) >= 11 is 3.16. The van der Waals surface area contributed by atoms with Crippen LogP contribution in [0.1, 0.15) is 68.8 Å². The Morgan fingerprint density at radius 1 is 1.12 bits per heavy atom. The van der Waals surface area contributed by atoms with E-state index in [-0.39, 0.29) is 16.6 Å². The highest BCUT2D eigenvalue weighted by atomic mass is 79.9. The molecule has 0 saturated heterocycles. The van der Waals surface area contributed by atoms with E-state index in [0.717, 1.165) is 16.7 Å². The fraction of sp³-hybridized carbons (Fsp3) is 0.400. The highest BCUT2D eigenvalue weighted by Gasteiger charge is 2.26. The van der Waals surface area contributed by atoms with Crippen LogP contribution in [0, 0.1) is 0 Å². The van der Waals surface area contributed by atoms with Gasteiger partial charge >= 0.3 is 5.91 Å². The zero-order chi connectivity index (χ0) is 19.7. The number of hydrazone groups is 1. The standard InChI is InChI=1S/C20H25BrN2O3/c1-19(2,3)13-9-12(10-14(17(13)24)20(4,5)6)11-22-23-18(25)15-7-8-16(21)26-15/h7-11,24H,1-6H3,(H,23,25)/b22-11+. The van der Waals surface area contributed by atoms with Gasteiger partial charge in [-0.2, -0.15) is 5.10 Å². The summed E-state index contributed by atoms with van der Waals surface area (Å²) < 4.78 is 5.67. The Morgan fingerprint density at radius 2 is 1.65 bits per heavy atom. The highest BCUT2D eigenvalue weighted by molar-refractivity contribution is 9.10. The van der Waals surface area contributed by atoms with Gasteiger partial charge in [0.15, 0.2) is 10.4 Å². The van der Waals surface area contributed by atoms with Crippen LogP contribution in [-0.2, 0) is 10.8 Å². The Labute approximate surface area is 162 Å². The van der Waals surface area contributed by atoms with Crippen molar-refractivity contribution in [3.63, 3.8) is 0 Å². The third kappa shape index (κ3) is 4.75. The third-order valence-corrected chi connectivity index (χ3v) is 4.35. The second kappa shape index (κ2) is 7.27. The van der Waals surface area contributed by atoms with Crippen LogP contribution >= 0.6 is 15.9 Å². The molecule has 1 amide bonds. The molecule has 0 unspecified atom stereocenters. The molecule has 0 fully saturated rings. The number of nitrogens with one attached hydrogen (secondary N) is 1. The fourth-order valence-electron chi connectivity index (χ4n) is 2.53. The van der Waals surface area contributed by atoms with Gasteiger partial charge in [0.05, 0.1) is 6.21 Å². The van der Waals surface area contributed by atoms with Gasteiger partial charge in [0.1, 0.15) is 5.75 Å². The number of hydrogen-bond acceptors (Lipinski definition) is 4. The topological polar surface area (TPSA) is 74.8 Å². The van der Waals surface area contributed by atoms with Crippen LogP contribution in [0.15, 0.2) is 38.5 Å². The van der Waals surface area contributed by atoms with Gasteiger partial charge in [-0.05, 0) is 56.6 Å². The van der Waals surface area contributed by atoms with Crippen LogP contribution in [0.2, 0.25) is 0 Å². The van der Waals surface area contributed by atoms with E-state index in [4.69, 9.17) is 4.42 Å². The van der Waals surface area contributed by atoms with Crippen molar-refractivity contribution >= 4 is 28.1 Å². The molecule has 0 aliphatic rings. The molecular formula is C20H25BrN2O3. The van der Waals surface area contributed by atoms with Crippen molar-refractivity contribution in [2.75, 3.05) is 0 Å². The first-order chi connectivity index (χ1) is 11.9. The van der Waals surface area contributed by atoms with Crippen molar-refractivity contribution in [3.05, 3.63) is 51.4 Å². The van der Waals surface area contributed by atoms with Crippen molar-refractivity contribution in [2.45, 2.75) is 52.4 Å². The van der Waals surface area contributed by atoms with E-state index in [9.17, 15) is 9.90 Å². The minimum absolute atomic E-state index is 0.172. The summed E-state index contributed by atoms with van der Waals surface area (Å²) in [5.41, 5.74) is 4.48. The number of phenolic OH excluding ortho intramolecular Hbond substituents is 1. The minimum atomic E-state index is -0.433. The second-order valence-electron chi connectivity index (χ2n) is 8.27. The van der Waals surface area contributed by atoms with Crippen LogP contribution in [0.4, 0.5) is 0 Å². The number of phenols is 1. The Kier molecular flexibility index (Phi) is 5.66. The summed E-state index contributed by atoms with van der Waals surface area (Å²) in [7, 11) is 0. The molecular weight excluding hydrogens is 396 g/mol. The zero-order valence-electron chi connectivity index (χ0n) is 16.0. The van der Waals surface area contributed by atoms with Gasteiger partial charge in [0.25, 0.3) is 0 Å². The molecule has 0 aliphatic carbocycles. The number of furan rings is 1. The molecule has 1 aromatic heterocycles. The van der Waals surface area contributed by atoms with E-state index in [1.54, 1.807) is 18.3 Å². The molecule has 1 aromatic carbocycles. The van der Waals surface area contributed by atoms with Crippen molar-refractivity contribution in [2.24, 2.45) is 5.10 Å². The van der Waals surface area contributed by atoms with E-state index < -0.39 is 5.91 Å². The van der Waals surface area contributed by atoms with E-state index in [0.29, 0.717) is 10.4 Å². The molecule has 0 spiro atoms. The average molecular weight is 421 g/mol. The molecule has 26 heavy (non-hydrogen) atoms. The van der Waals surface area contributed by atoms with Crippen molar-refractivity contribution in [1.29, 1.82) is 0 Å². The number of aromatic hydroxyl groups is 1. The Balaban J connectivity index is 2.32. The maximum atomic E-state index is 12.0. The predicted molar refractivity (Wildman–Crippen MR) is 107 cm³/mol. The van der Waals surface area contributed by atoms with E-state index in [1.807, 2.05) is 53.7 Å². The summed E-state index contributed by atoms with van der Waals surface area (Å²) in [5, 5.41) is 14.7. The molecule has 0 atom stereocenters. The molecule has 6 heteroatoms. The summed E-state index contributed by atoms with van der Waals surface area (Å²) in [6.07, 6.45) is 1.57. The largest absolute Gasteiger partial charge is 0.507 e. The third-order valence-electron chi connectivity index (χ3n) is 3.92. The molecule has 140 valence electrons. The first-order valence-corrected chi connectivity index (χ1v) is 9.15. The molecule has 0 aliphatic heterocycles. The van der Waals surface area contributed by atoms with Crippen molar-refractivity contribution in [1.82, 2.24) is 5.43 Å². The smallest absolute Gasteiger partial charge is 0.307 e. The van der Waals surface area contributed by atoms with Crippen LogP contribution in [-0.4, -0.2) is 17.2 Å². The van der Waals surface area contributed by atoms with Gasteiger partial charge in [-0.1, -0.05) is 41.5 Å². The van der Waals surface area contributed by atoms with Gasteiger partial charge in [0.2, 0.25) is 0 Å². The number of carbonyl (C=O) groups excluding carboxylic acids is 1. The van der Waals surface area contributed by atoms with Crippen LogP contribution < -0.4 is 5.43 Å². The van der Waals surface area contributed by atoms with Gasteiger partial charge in [0, 0.05) is 11.1 Å². The number of benzene rings is 1. The molecule has 5 nitrogen and oxygen atoms in total. The lowest BCUT2D eigenvalue weighted by Gasteiger charge is -2.27. The average Bonchev–Trinajstić information content (AvgIpc) is 2.93. The number of halogens is 1. The summed E-state index contributed by atoms with van der Waals surface area (Å²) in [6, 6.07) is 6.99. The number of carbonyl (C=O) groups is 1. The van der Waals surface area contributed by atoms with Crippen molar-refractivity contribution < 1.29 is 14.3 Å². The second-order valence-corrected chi connectivity index (χ2v) is 9.05. The lowest BCUT2D eigenvalue weighted by atomic mass is 9.78. The lowest BCUT2D eigenvalue weighted by molar-refractivity contribution is 0.0926. The maximum Gasteiger partial charge on any atom is 0.307 e. The monoisotopic (exact) mass is 420 g/mol. The van der Waals surface area contributed by atoms with Gasteiger partial charge in [-0.15, -0.1) is 0 Å². The first kappa shape index (κ1) is 20.2. The van der Waals surface area contributed by atoms with Crippen molar-refractivity contribution in [3.8, 4) is 5.75 Å². The highest BCUT2D eigenvalue weighted by Crippen LogP contribution is 2.39. The Morgan fingerprint density at radius 3 is 2.08 bits per heavy atom. The Hall–Kier alpha value is -2.08. The molecule has 0 saturated carbocycles. The molecule has 2 rings (SSSR count). The molecule has 1 heterocycles. The normalized spacial score (nSPS) is 12.6. The molecule has 2 aromatic rings. The van der Waals surface area contributed by atoms with Crippen LogP contribution in [0.3, 0.4) is 0 Å². The van der Waals surface area contributed by atoms with Gasteiger partial charge in [-0.3, -0.25) is 4.79 Å². The summed E-state index contributed by atoms with van der Waals surface area (Å²) in [5.74, 6) is 0.0509. The number of rotatable bonds is 3. The van der Waals surface area contributed by atoms with Gasteiger partial charge in [-0.25, -0.2) is 5.43 Å². The van der Waals surface area contributed by atoms with Gasteiger partial charge < -0.3 is 9.52 Å². The SMILES string of the molecule is CC(C)(C)c1cc(/C=N/NC(=O)c2ccc(Br)o2)cc(C(C)(C)C)c1O. The fourth-order valence-corrected chi connectivity index (χ4v) is 2.84. The quantitative estimate of drug-likeness (QED) is 0.535. The summed E-state index contributed by atoms with van der Waals surface area (Å²) in [4.78, 5) is 12.0. The predicted octanol–water partition coefficient (Wildman–Crippen LogP) is 5.11. The van der Waals surface area contributed by atoms with E-state index in [2.05, 4.69) is 26.5 Å². The molecule has 0 radical (unpaired) electrons.